The summed E-state index contributed by atoms with van der Waals surface area (Å²) in [6, 6.07) is 4.15. The number of carboxylic acids is 1. The zero-order valence-electron chi connectivity index (χ0n) is 33.1. The Bertz CT molecular complexity index is 1670. The van der Waals surface area contributed by atoms with Crippen LogP contribution >= 0.6 is 0 Å². The fourth-order valence-electron chi connectivity index (χ4n) is 8.02. The van der Waals surface area contributed by atoms with E-state index in [4.69, 9.17) is 0 Å². The molecular formula is C42H58N6O8. The van der Waals surface area contributed by atoms with E-state index in [1.54, 1.807) is 37.3 Å². The number of nitrogens with zero attached hydrogens (tertiary/aromatic N) is 3. The van der Waals surface area contributed by atoms with Gasteiger partial charge in [-0.05, 0) is 49.0 Å². The second kappa shape index (κ2) is 21.3. The summed E-state index contributed by atoms with van der Waals surface area (Å²) in [5.41, 5.74) is 0.841. The van der Waals surface area contributed by atoms with Crippen molar-refractivity contribution >= 4 is 41.2 Å². The molecule has 0 spiro atoms. The van der Waals surface area contributed by atoms with Crippen LogP contribution in [0.3, 0.4) is 0 Å². The summed E-state index contributed by atoms with van der Waals surface area (Å²) < 4.78 is 0. The van der Waals surface area contributed by atoms with Gasteiger partial charge in [0, 0.05) is 37.7 Å². The van der Waals surface area contributed by atoms with E-state index in [9.17, 15) is 38.7 Å². The Kier molecular flexibility index (Phi) is 16.7. The number of rotatable bonds is 20. The van der Waals surface area contributed by atoms with Crippen LogP contribution < -0.4 is 16.0 Å². The van der Waals surface area contributed by atoms with E-state index >= 15 is 0 Å². The number of ketones is 2. The monoisotopic (exact) mass is 774 g/mol. The van der Waals surface area contributed by atoms with Gasteiger partial charge in [-0.25, -0.2) is 9.78 Å². The van der Waals surface area contributed by atoms with Gasteiger partial charge >= 0.3 is 5.97 Å². The molecule has 1 aliphatic heterocycles. The van der Waals surface area contributed by atoms with Gasteiger partial charge in [0.15, 0.2) is 5.78 Å². The largest absolute Gasteiger partial charge is 0.480 e. The first-order valence-electron chi connectivity index (χ1n) is 20.2. The van der Waals surface area contributed by atoms with Crippen LogP contribution in [0.25, 0.3) is 0 Å². The molecule has 0 radical (unpaired) electrons. The highest BCUT2D eigenvalue weighted by Crippen LogP contribution is 2.34. The molecule has 14 nitrogen and oxygen atoms in total. The van der Waals surface area contributed by atoms with E-state index in [2.05, 4.69) is 25.9 Å². The smallest absolute Gasteiger partial charge is 0.326 e. The Morgan fingerprint density at radius 2 is 1.61 bits per heavy atom. The molecule has 2 aromatic rings. The van der Waals surface area contributed by atoms with Gasteiger partial charge in [-0.3, -0.25) is 33.8 Å². The predicted molar refractivity (Wildman–Crippen MR) is 208 cm³/mol. The van der Waals surface area contributed by atoms with E-state index in [0.717, 1.165) is 32.1 Å². The maximum absolute atomic E-state index is 14.5. The molecule has 0 bridgehead atoms. The molecule has 1 aliphatic carbocycles. The van der Waals surface area contributed by atoms with E-state index in [1.165, 1.54) is 23.5 Å². The average molecular weight is 775 g/mol. The number of likely N-dealkylation sites (tertiary alicyclic amines) is 1. The van der Waals surface area contributed by atoms with Crippen LogP contribution in [-0.4, -0.2) is 91.9 Å². The third-order valence-corrected chi connectivity index (χ3v) is 11.5. The number of carbonyl (C=O) groups is 7. The van der Waals surface area contributed by atoms with Gasteiger partial charge in [0.05, 0.1) is 12.2 Å². The van der Waals surface area contributed by atoms with Crippen LogP contribution in [0.2, 0.25) is 0 Å². The Morgan fingerprint density at radius 1 is 0.893 bits per heavy atom. The molecule has 1 aromatic heterocycles. The van der Waals surface area contributed by atoms with Crippen LogP contribution in [-0.2, 0) is 35.2 Å². The van der Waals surface area contributed by atoms with E-state index < -0.39 is 59.6 Å². The molecule has 4 N–H and O–H groups in total. The lowest BCUT2D eigenvalue weighted by Gasteiger charge is -2.35. The van der Waals surface area contributed by atoms with Crippen LogP contribution in [0.4, 0.5) is 0 Å². The van der Waals surface area contributed by atoms with Gasteiger partial charge in [-0.2, -0.15) is 0 Å². The minimum Gasteiger partial charge on any atom is -0.480 e. The van der Waals surface area contributed by atoms with Gasteiger partial charge in [0.1, 0.15) is 23.8 Å². The summed E-state index contributed by atoms with van der Waals surface area (Å²) in [5.74, 6) is -6.37. The topological polar surface area (TPSA) is 205 Å². The number of benzene rings is 1. The molecule has 304 valence electrons. The highest BCUT2D eigenvalue weighted by atomic mass is 16.4. The lowest BCUT2D eigenvalue weighted by molar-refractivity contribution is -0.146. The number of Topliss-reactive ketones (excluding diaryl/α,β-unsaturated/α-hetero) is 2. The van der Waals surface area contributed by atoms with Crippen molar-refractivity contribution in [2.45, 2.75) is 129 Å². The van der Waals surface area contributed by atoms with Gasteiger partial charge in [-0.1, -0.05) is 96.6 Å². The van der Waals surface area contributed by atoms with Crippen molar-refractivity contribution in [2.24, 2.45) is 23.7 Å². The van der Waals surface area contributed by atoms with Crippen LogP contribution in [0, 0.1) is 23.7 Å². The first-order chi connectivity index (χ1) is 26.9. The average Bonchev–Trinajstić information content (AvgIpc) is 3.66. The van der Waals surface area contributed by atoms with Gasteiger partial charge < -0.3 is 26.0 Å². The number of hydrogen-bond donors (Lipinski definition) is 4. The Balaban J connectivity index is 1.52. The SMILES string of the molecule is CCCC(NC(=O)[C@@H]1[C@@H](CC)CCN1C(=O)[C@@H](NC(=O)[C@@H](CC(=O)c1cnccn1)C1CCCCC1)C(C)CC)C(=O)C(=O)N[C@@H](Cc1ccccc1)C(=O)O. The number of hydrogen-bond acceptors (Lipinski definition) is 9. The third-order valence-electron chi connectivity index (χ3n) is 11.5. The van der Waals surface area contributed by atoms with Gasteiger partial charge in [0.25, 0.3) is 5.91 Å². The summed E-state index contributed by atoms with van der Waals surface area (Å²) in [6.07, 6.45) is 10.9. The Morgan fingerprint density at radius 3 is 2.21 bits per heavy atom. The van der Waals surface area contributed by atoms with E-state index in [1.807, 2.05) is 20.8 Å². The fraction of sp³-hybridized carbons (Fsp3) is 0.595. The predicted octanol–water partition coefficient (Wildman–Crippen LogP) is 4.07. The Hall–Kier alpha value is -5.01. The number of carboxylic acid groups (broad SMARTS) is 1. The highest BCUT2D eigenvalue weighted by molar-refractivity contribution is 6.38. The van der Waals surface area contributed by atoms with Crippen LogP contribution in [0.15, 0.2) is 48.9 Å². The van der Waals surface area contributed by atoms with Gasteiger partial charge in [-0.15, -0.1) is 0 Å². The quantitative estimate of drug-likeness (QED) is 0.112. The van der Waals surface area contributed by atoms with Crippen LogP contribution in [0.1, 0.15) is 114 Å². The second-order valence-electron chi connectivity index (χ2n) is 15.3. The molecule has 1 saturated carbocycles. The van der Waals surface area contributed by atoms with E-state index in [0.29, 0.717) is 31.2 Å². The number of carbonyl (C=O) groups excluding carboxylic acids is 6. The van der Waals surface area contributed by atoms with Crippen molar-refractivity contribution in [1.82, 2.24) is 30.8 Å². The summed E-state index contributed by atoms with van der Waals surface area (Å²) in [4.78, 5) is 105. The molecule has 2 unspecified atom stereocenters. The summed E-state index contributed by atoms with van der Waals surface area (Å²) >= 11 is 0. The number of aromatic nitrogens is 2. The lowest BCUT2D eigenvalue weighted by Crippen LogP contribution is -2.59. The minimum absolute atomic E-state index is 0.0371. The zero-order valence-corrected chi connectivity index (χ0v) is 33.1. The van der Waals surface area contributed by atoms with Crippen molar-refractivity contribution in [3.05, 3.63) is 60.2 Å². The maximum atomic E-state index is 14.5. The maximum Gasteiger partial charge on any atom is 0.326 e. The minimum atomic E-state index is -1.37. The molecule has 4 amide bonds. The van der Waals surface area contributed by atoms with Crippen molar-refractivity contribution in [1.29, 1.82) is 0 Å². The molecule has 7 atom stereocenters. The standard InChI is InChI=1S/C42H58N6O8/c1-5-14-31(37(50)40(53)46-32(42(55)56)23-27-15-10-8-11-16-27)45-39(52)36-28(7-3)19-22-48(36)41(54)35(26(4)6-2)47-38(51)30(29-17-12-9-13-18-29)24-34(49)33-25-43-20-21-44-33/h8,10-11,15-16,20-21,25-26,28-32,35-36H,5-7,9,12-14,17-19,22-24H2,1-4H3,(H,45,52)(H,46,53)(H,47,51)(H,55,56)/t26?,28-,30-,31?,32-,35-,36-/m0/s1. The van der Waals surface area contributed by atoms with Gasteiger partial charge in [0.2, 0.25) is 23.5 Å². The lowest BCUT2D eigenvalue weighted by atomic mass is 9.77. The van der Waals surface area contributed by atoms with Crippen molar-refractivity contribution in [3.63, 3.8) is 0 Å². The first kappa shape index (κ1) is 43.7. The van der Waals surface area contributed by atoms with Crippen molar-refractivity contribution in [3.8, 4) is 0 Å². The molecule has 2 aliphatic rings. The molecule has 4 rings (SSSR count). The molecule has 2 heterocycles. The molecule has 1 saturated heterocycles. The molecule has 2 fully saturated rings. The number of amides is 4. The fourth-order valence-corrected chi connectivity index (χ4v) is 8.02. The zero-order chi connectivity index (χ0) is 40.8. The molecule has 14 heteroatoms. The van der Waals surface area contributed by atoms with Crippen molar-refractivity contribution in [2.75, 3.05) is 6.54 Å². The summed E-state index contributed by atoms with van der Waals surface area (Å²) in [6.45, 7) is 7.74. The normalized spacial score (nSPS) is 19.8. The molecule has 56 heavy (non-hydrogen) atoms. The van der Waals surface area contributed by atoms with Crippen molar-refractivity contribution < 1.29 is 38.7 Å². The number of nitrogens with one attached hydrogen (secondary N) is 3. The van der Waals surface area contributed by atoms with Crippen LogP contribution in [0.5, 0.6) is 0 Å². The summed E-state index contributed by atoms with van der Waals surface area (Å²) in [7, 11) is 0. The summed E-state index contributed by atoms with van der Waals surface area (Å²) in [5, 5.41) is 17.9. The molecule has 1 aromatic carbocycles. The first-order valence-corrected chi connectivity index (χ1v) is 20.2. The van der Waals surface area contributed by atoms with E-state index in [-0.39, 0.29) is 60.9 Å². The Labute approximate surface area is 329 Å². The second-order valence-corrected chi connectivity index (χ2v) is 15.3. The molecular weight excluding hydrogens is 716 g/mol. The highest BCUT2D eigenvalue weighted by Gasteiger charge is 2.46. The number of aliphatic carboxylic acids is 1. The third kappa shape index (κ3) is 11.5.